The molecule has 1 atom stereocenters. The maximum Gasteiger partial charge on any atom is 0.333 e. The van der Waals surface area contributed by atoms with Crippen molar-refractivity contribution in [3.63, 3.8) is 0 Å². The van der Waals surface area contributed by atoms with Crippen molar-refractivity contribution in [3.8, 4) is 17.6 Å². The first-order valence-electron chi connectivity index (χ1n) is 9.56. The zero-order valence-electron chi connectivity index (χ0n) is 18.2. The van der Waals surface area contributed by atoms with Gasteiger partial charge in [0, 0.05) is 18.5 Å². The number of rotatable bonds is 11. The summed E-state index contributed by atoms with van der Waals surface area (Å²) < 4.78 is 20.9. The van der Waals surface area contributed by atoms with Crippen LogP contribution in [-0.4, -0.2) is 60.5 Å². The summed E-state index contributed by atoms with van der Waals surface area (Å²) in [6, 6.07) is 5.35. The molecule has 2 rings (SSSR count). The van der Waals surface area contributed by atoms with Crippen LogP contribution in [0.4, 0.5) is 0 Å². The maximum atomic E-state index is 12.6. The lowest BCUT2D eigenvalue weighted by atomic mass is 10.0. The molecule has 0 aliphatic rings. The van der Waals surface area contributed by atoms with Gasteiger partial charge in [0.2, 0.25) is 5.88 Å². The number of aliphatic carboxylic acids is 1. The molecule has 1 aromatic heterocycles. The molecular weight excluding hydrogens is 406 g/mol. The van der Waals surface area contributed by atoms with Gasteiger partial charge in [-0.05, 0) is 25.5 Å². The van der Waals surface area contributed by atoms with E-state index < -0.39 is 18.0 Å². The van der Waals surface area contributed by atoms with Crippen LogP contribution < -0.4 is 19.5 Å². The van der Waals surface area contributed by atoms with Crippen LogP contribution in [-0.2, 0) is 22.5 Å². The van der Waals surface area contributed by atoms with Crippen LogP contribution in [0, 0.1) is 0 Å². The standard InChI is InChI=1S/C21H27N3O7/c1-12(2)31-17(20(26)27)9-13-6-7-16(28-3)14(8-13)10-22-18(25)15-11-23-21(30-5)24-19(15)29-4/h6-8,11-12,17H,9-10H2,1-5H3,(H,22,25)(H,26,27). The highest BCUT2D eigenvalue weighted by molar-refractivity contribution is 5.96. The molecule has 0 aliphatic heterocycles. The van der Waals surface area contributed by atoms with E-state index in [-0.39, 0.29) is 36.5 Å². The summed E-state index contributed by atoms with van der Waals surface area (Å²) in [6.07, 6.45) is 0.295. The van der Waals surface area contributed by atoms with Gasteiger partial charge in [0.05, 0.1) is 33.6 Å². The van der Waals surface area contributed by atoms with Crippen LogP contribution in [0.3, 0.4) is 0 Å². The van der Waals surface area contributed by atoms with Gasteiger partial charge in [-0.2, -0.15) is 4.98 Å². The van der Waals surface area contributed by atoms with Gasteiger partial charge in [-0.25, -0.2) is 9.78 Å². The van der Waals surface area contributed by atoms with Gasteiger partial charge in [0.25, 0.3) is 5.91 Å². The quantitative estimate of drug-likeness (QED) is 0.545. The molecule has 2 aromatic rings. The van der Waals surface area contributed by atoms with Gasteiger partial charge in [0.15, 0.2) is 6.10 Å². The predicted molar refractivity (Wildman–Crippen MR) is 111 cm³/mol. The number of nitrogens with one attached hydrogen (secondary N) is 1. The second-order valence-electron chi connectivity index (χ2n) is 6.82. The van der Waals surface area contributed by atoms with Gasteiger partial charge >= 0.3 is 12.0 Å². The topological polar surface area (TPSA) is 129 Å². The summed E-state index contributed by atoms with van der Waals surface area (Å²) in [4.78, 5) is 32.0. The predicted octanol–water partition coefficient (Wildman–Crippen LogP) is 1.85. The van der Waals surface area contributed by atoms with Gasteiger partial charge in [-0.1, -0.05) is 12.1 Å². The molecule has 0 bridgehead atoms. The number of aromatic nitrogens is 2. The minimum absolute atomic E-state index is 0.0828. The van der Waals surface area contributed by atoms with Gasteiger partial charge in [0.1, 0.15) is 11.3 Å². The van der Waals surface area contributed by atoms with Crippen LogP contribution >= 0.6 is 0 Å². The summed E-state index contributed by atoms with van der Waals surface area (Å²) in [7, 11) is 4.32. The summed E-state index contributed by atoms with van der Waals surface area (Å²) in [5.41, 5.74) is 1.56. The van der Waals surface area contributed by atoms with Gasteiger partial charge < -0.3 is 29.4 Å². The third-order valence-corrected chi connectivity index (χ3v) is 4.27. The molecule has 0 saturated carbocycles. The van der Waals surface area contributed by atoms with Crippen LogP contribution in [0.25, 0.3) is 0 Å². The van der Waals surface area contributed by atoms with Crippen molar-refractivity contribution in [2.24, 2.45) is 0 Å². The number of hydrogen-bond acceptors (Lipinski definition) is 8. The molecule has 168 valence electrons. The fraction of sp³-hybridized carbons (Fsp3) is 0.429. The van der Waals surface area contributed by atoms with E-state index >= 15 is 0 Å². The molecule has 10 nitrogen and oxygen atoms in total. The third kappa shape index (κ3) is 6.54. The first-order valence-corrected chi connectivity index (χ1v) is 9.56. The molecule has 10 heteroatoms. The molecule has 2 N–H and O–H groups in total. The first kappa shape index (κ1) is 23.9. The number of ether oxygens (including phenoxy) is 4. The molecular formula is C21H27N3O7. The Hall–Kier alpha value is -3.40. The number of hydrogen-bond donors (Lipinski definition) is 2. The van der Waals surface area contributed by atoms with Crippen LogP contribution in [0.5, 0.6) is 17.6 Å². The number of carboxylic acid groups (broad SMARTS) is 1. The number of carboxylic acids is 1. The highest BCUT2D eigenvalue weighted by Crippen LogP contribution is 2.22. The van der Waals surface area contributed by atoms with Crippen LogP contribution in [0.15, 0.2) is 24.4 Å². The monoisotopic (exact) mass is 433 g/mol. The Morgan fingerprint density at radius 2 is 1.87 bits per heavy atom. The normalized spacial score (nSPS) is 11.7. The van der Waals surface area contributed by atoms with Crippen molar-refractivity contribution in [1.29, 1.82) is 0 Å². The summed E-state index contributed by atoms with van der Waals surface area (Å²) in [5.74, 6) is -0.844. The number of benzene rings is 1. The van der Waals surface area contributed by atoms with Gasteiger partial charge in [-0.15, -0.1) is 0 Å². The largest absolute Gasteiger partial charge is 0.496 e. The van der Waals surface area contributed by atoms with Gasteiger partial charge in [-0.3, -0.25) is 4.79 Å². The first-order chi connectivity index (χ1) is 14.8. The Labute approximate surface area is 180 Å². The third-order valence-electron chi connectivity index (χ3n) is 4.27. The maximum absolute atomic E-state index is 12.6. The fourth-order valence-corrected chi connectivity index (χ4v) is 2.86. The average Bonchev–Trinajstić information content (AvgIpc) is 2.76. The molecule has 0 radical (unpaired) electrons. The zero-order chi connectivity index (χ0) is 23.0. The van der Waals surface area contributed by atoms with E-state index in [0.717, 1.165) is 5.56 Å². The molecule has 1 heterocycles. The van der Waals surface area contributed by atoms with E-state index in [0.29, 0.717) is 11.3 Å². The smallest absolute Gasteiger partial charge is 0.333 e. The number of nitrogens with zero attached hydrogens (tertiary/aromatic N) is 2. The minimum atomic E-state index is -1.04. The highest BCUT2D eigenvalue weighted by Gasteiger charge is 2.21. The second-order valence-corrected chi connectivity index (χ2v) is 6.82. The van der Waals surface area contributed by atoms with Crippen LogP contribution in [0.1, 0.15) is 35.3 Å². The van der Waals surface area contributed by atoms with Crippen molar-refractivity contribution >= 4 is 11.9 Å². The molecule has 31 heavy (non-hydrogen) atoms. The van der Waals surface area contributed by atoms with E-state index in [1.165, 1.54) is 27.5 Å². The Balaban J connectivity index is 2.18. The molecule has 1 amide bonds. The lowest BCUT2D eigenvalue weighted by molar-refractivity contribution is -0.153. The van der Waals surface area contributed by atoms with Crippen molar-refractivity contribution in [3.05, 3.63) is 41.1 Å². The fourth-order valence-electron chi connectivity index (χ4n) is 2.86. The SMILES string of the molecule is COc1ncc(C(=O)NCc2cc(CC(OC(C)C)C(=O)O)ccc2OC)c(OC)n1. The molecule has 1 aromatic carbocycles. The van der Waals surface area contributed by atoms with Crippen molar-refractivity contribution < 1.29 is 33.6 Å². The van der Waals surface area contributed by atoms with Crippen molar-refractivity contribution in [1.82, 2.24) is 15.3 Å². The Bertz CT molecular complexity index is 918. The average molecular weight is 433 g/mol. The molecule has 0 spiro atoms. The number of carbonyl (C=O) groups is 2. The zero-order valence-corrected chi connectivity index (χ0v) is 18.2. The molecule has 0 saturated heterocycles. The van der Waals surface area contributed by atoms with Crippen molar-refractivity contribution in [2.75, 3.05) is 21.3 Å². The molecule has 0 fully saturated rings. The molecule has 1 unspecified atom stereocenters. The second kappa shape index (κ2) is 11.1. The number of methoxy groups -OCH3 is 3. The van der Waals surface area contributed by atoms with E-state index in [1.54, 1.807) is 32.0 Å². The minimum Gasteiger partial charge on any atom is -0.496 e. The molecule has 0 aliphatic carbocycles. The van der Waals surface area contributed by atoms with E-state index in [4.69, 9.17) is 18.9 Å². The number of carbonyl (C=O) groups excluding carboxylic acids is 1. The Kier molecular flexibility index (Phi) is 8.56. The van der Waals surface area contributed by atoms with E-state index in [2.05, 4.69) is 15.3 Å². The summed E-state index contributed by atoms with van der Waals surface area (Å²) in [6.45, 7) is 3.69. The lowest BCUT2D eigenvalue weighted by Crippen LogP contribution is -2.29. The Morgan fingerprint density at radius 3 is 2.45 bits per heavy atom. The van der Waals surface area contributed by atoms with Crippen molar-refractivity contribution in [2.45, 2.75) is 39.0 Å². The highest BCUT2D eigenvalue weighted by atomic mass is 16.5. The summed E-state index contributed by atoms with van der Waals surface area (Å²) >= 11 is 0. The Morgan fingerprint density at radius 1 is 1.13 bits per heavy atom. The van der Waals surface area contributed by atoms with Crippen LogP contribution in [0.2, 0.25) is 0 Å². The summed E-state index contributed by atoms with van der Waals surface area (Å²) in [5, 5.41) is 12.2. The lowest BCUT2D eigenvalue weighted by Gasteiger charge is -2.18. The number of amides is 1. The van der Waals surface area contributed by atoms with E-state index in [1.807, 2.05) is 0 Å². The van der Waals surface area contributed by atoms with E-state index in [9.17, 15) is 14.7 Å².